The highest BCUT2D eigenvalue weighted by atomic mass is 16.6. The van der Waals surface area contributed by atoms with Gasteiger partial charge in [-0.1, -0.05) is 85.0 Å². The fourth-order valence-electron chi connectivity index (χ4n) is 7.36. The van der Waals surface area contributed by atoms with E-state index in [1.54, 1.807) is 29.0 Å². The summed E-state index contributed by atoms with van der Waals surface area (Å²) in [5.74, 6) is -3.42. The van der Waals surface area contributed by atoms with Crippen molar-refractivity contribution in [1.82, 2.24) is 14.7 Å². The van der Waals surface area contributed by atoms with Gasteiger partial charge in [-0.25, -0.2) is 0 Å². The van der Waals surface area contributed by atoms with Crippen molar-refractivity contribution in [2.45, 2.75) is 62.6 Å². The van der Waals surface area contributed by atoms with Crippen molar-refractivity contribution < 1.29 is 33.8 Å². The summed E-state index contributed by atoms with van der Waals surface area (Å²) >= 11 is 0. The maximum absolute atomic E-state index is 14.4. The van der Waals surface area contributed by atoms with E-state index in [0.717, 1.165) is 11.1 Å². The highest BCUT2D eigenvalue weighted by Crippen LogP contribution is 2.53. The molecule has 2 aromatic carbocycles. The highest BCUT2D eigenvalue weighted by molar-refractivity contribution is 5.99. The van der Waals surface area contributed by atoms with Gasteiger partial charge in [0.05, 0.1) is 18.1 Å². The number of likely N-dealkylation sites (tertiary alicyclic amines) is 1. The number of esters is 1. The van der Waals surface area contributed by atoms with E-state index in [2.05, 4.69) is 0 Å². The predicted molar refractivity (Wildman–Crippen MR) is 169 cm³/mol. The fourth-order valence-corrected chi connectivity index (χ4v) is 7.36. The van der Waals surface area contributed by atoms with Gasteiger partial charge in [0.25, 0.3) is 0 Å². The molecule has 2 saturated heterocycles. The molecule has 0 aliphatic carbocycles. The Balaban J connectivity index is 1.41. The molecule has 0 aromatic heterocycles. The lowest BCUT2D eigenvalue weighted by atomic mass is 9.77. The second-order valence-electron chi connectivity index (χ2n) is 12.5. The van der Waals surface area contributed by atoms with Crippen LogP contribution in [0.2, 0.25) is 0 Å². The number of ether oxygens (including phenoxy) is 2. The molecule has 4 aliphatic heterocycles. The molecule has 10 heteroatoms. The van der Waals surface area contributed by atoms with Crippen LogP contribution in [0.5, 0.6) is 0 Å². The number of cyclic esters (lactones) is 1. The lowest BCUT2D eigenvalue weighted by Crippen LogP contribution is -2.55. The molecule has 0 radical (unpaired) electrons. The average molecular weight is 628 g/mol. The van der Waals surface area contributed by atoms with E-state index in [1.807, 2.05) is 79.7 Å². The molecular weight excluding hydrogens is 586 g/mol. The summed E-state index contributed by atoms with van der Waals surface area (Å²) < 4.78 is 13.0. The maximum Gasteiger partial charge on any atom is 0.313 e. The van der Waals surface area contributed by atoms with Crippen LogP contribution in [-0.4, -0.2) is 94.0 Å². The van der Waals surface area contributed by atoms with Crippen molar-refractivity contribution in [2.75, 3.05) is 26.7 Å². The molecule has 0 unspecified atom stereocenters. The second kappa shape index (κ2) is 13.2. The van der Waals surface area contributed by atoms with Crippen LogP contribution in [0.25, 0.3) is 0 Å². The third-order valence-electron chi connectivity index (χ3n) is 9.79. The van der Waals surface area contributed by atoms with E-state index in [-0.39, 0.29) is 43.7 Å². The van der Waals surface area contributed by atoms with E-state index < -0.39 is 47.7 Å². The van der Waals surface area contributed by atoms with Crippen molar-refractivity contribution in [3.8, 4) is 0 Å². The minimum Gasteiger partial charge on any atom is -0.455 e. The minimum atomic E-state index is -1.42. The molecular formula is C36H41N3O7. The molecule has 4 heterocycles. The SMILES string of the molecule is C[C@@H]1[C@@H](c2ccccc2)OC(=O)[C@@H]2[C@H]3C(=O)N(CCCO)[C@@H]4C(=O)N(Cc5ccccc5)CC=C[C@]34O[C@@H]2/C=C\CCC(=O)N1C. The molecule has 1 spiro atoms. The van der Waals surface area contributed by atoms with Crippen LogP contribution in [0, 0.1) is 11.8 Å². The van der Waals surface area contributed by atoms with Crippen molar-refractivity contribution in [1.29, 1.82) is 0 Å². The zero-order valence-corrected chi connectivity index (χ0v) is 26.2. The van der Waals surface area contributed by atoms with Gasteiger partial charge in [-0.2, -0.15) is 0 Å². The van der Waals surface area contributed by atoms with Gasteiger partial charge in [-0.3, -0.25) is 19.2 Å². The number of nitrogens with zero attached hydrogens (tertiary/aromatic N) is 3. The number of benzene rings is 2. The first-order valence-electron chi connectivity index (χ1n) is 16.0. The van der Waals surface area contributed by atoms with Crippen LogP contribution >= 0.6 is 0 Å². The number of aliphatic hydroxyl groups is 1. The molecule has 2 aromatic rings. The molecule has 4 aliphatic rings. The van der Waals surface area contributed by atoms with Crippen LogP contribution in [0.15, 0.2) is 85.0 Å². The van der Waals surface area contributed by atoms with Gasteiger partial charge in [0, 0.05) is 39.7 Å². The summed E-state index contributed by atoms with van der Waals surface area (Å²) in [4.78, 5) is 61.2. The summed E-state index contributed by atoms with van der Waals surface area (Å²) in [5.41, 5.74) is 0.250. The maximum atomic E-state index is 14.4. The zero-order valence-electron chi connectivity index (χ0n) is 26.2. The Hall–Kier alpha value is -4.28. The van der Waals surface area contributed by atoms with Crippen molar-refractivity contribution in [3.05, 3.63) is 96.1 Å². The van der Waals surface area contributed by atoms with Gasteiger partial charge >= 0.3 is 5.97 Å². The first-order chi connectivity index (χ1) is 22.3. The molecule has 0 saturated carbocycles. The third-order valence-corrected chi connectivity index (χ3v) is 9.79. The normalized spacial score (nSPS) is 32.2. The van der Waals surface area contributed by atoms with Gasteiger partial charge in [-0.15, -0.1) is 0 Å². The number of hydrogen-bond donors (Lipinski definition) is 1. The Bertz CT molecular complexity index is 1510. The standard InChI is InChI=1S/C36H41N3O7/c1-24-31(26-15-7-4-8-16-26)45-35(44)29-27(17-9-10-18-28(41)37(24)2)46-36-19-11-20-38(23-25-13-5-3-6-14-25)34(43)32(36)39(21-12-22-40)33(42)30(29)36/h3-9,11,13-17,19,24,27,29-32,40H,10,12,18,20-23H2,1-2H3/b17-9-/t24-,27-,29+,30+,31+,32-,36+/m1/s1. The van der Waals surface area contributed by atoms with Crippen LogP contribution in [0.1, 0.15) is 43.4 Å². The minimum absolute atomic E-state index is 0.0837. The highest BCUT2D eigenvalue weighted by Gasteiger charge is 2.71. The molecule has 242 valence electrons. The Kier molecular flexibility index (Phi) is 9.11. The summed E-state index contributed by atoms with van der Waals surface area (Å²) in [6, 6.07) is 17.4. The Morgan fingerprint density at radius 1 is 0.957 bits per heavy atom. The van der Waals surface area contributed by atoms with Gasteiger partial charge in [-0.05, 0) is 30.9 Å². The van der Waals surface area contributed by atoms with E-state index >= 15 is 0 Å². The average Bonchev–Trinajstić information content (AvgIpc) is 3.46. The first kappa shape index (κ1) is 31.7. The van der Waals surface area contributed by atoms with E-state index in [4.69, 9.17) is 9.47 Å². The summed E-state index contributed by atoms with van der Waals surface area (Å²) in [5, 5.41) is 9.70. The molecule has 46 heavy (non-hydrogen) atoms. The third kappa shape index (κ3) is 5.64. The Morgan fingerprint density at radius 3 is 2.39 bits per heavy atom. The quantitative estimate of drug-likeness (QED) is 0.387. The van der Waals surface area contributed by atoms with E-state index in [9.17, 15) is 24.3 Å². The number of allylic oxidation sites excluding steroid dienone is 1. The number of aliphatic hydroxyl groups excluding tert-OH is 1. The molecule has 3 amide bonds. The lowest BCUT2D eigenvalue weighted by molar-refractivity contribution is -0.164. The summed E-state index contributed by atoms with van der Waals surface area (Å²) in [7, 11) is 1.70. The molecule has 10 nitrogen and oxygen atoms in total. The second-order valence-corrected chi connectivity index (χ2v) is 12.5. The summed E-state index contributed by atoms with van der Waals surface area (Å²) in [6.45, 7) is 2.47. The number of fused-ring (bicyclic) bond motifs is 2. The van der Waals surface area contributed by atoms with Crippen LogP contribution in [-0.2, 0) is 35.2 Å². The monoisotopic (exact) mass is 627 g/mol. The fraction of sp³-hybridized carbons (Fsp3) is 0.444. The number of likely N-dealkylation sites (N-methyl/N-ethyl adjacent to an activating group) is 1. The number of amides is 3. The van der Waals surface area contributed by atoms with Crippen molar-refractivity contribution in [2.24, 2.45) is 11.8 Å². The van der Waals surface area contributed by atoms with Gasteiger partial charge in [0.15, 0.2) is 0 Å². The van der Waals surface area contributed by atoms with Crippen LogP contribution in [0.3, 0.4) is 0 Å². The number of hydrogen-bond acceptors (Lipinski definition) is 7. The Morgan fingerprint density at radius 2 is 1.67 bits per heavy atom. The summed E-state index contributed by atoms with van der Waals surface area (Å²) in [6.07, 6.45) is 6.48. The smallest absolute Gasteiger partial charge is 0.313 e. The van der Waals surface area contributed by atoms with E-state index in [1.165, 1.54) is 4.90 Å². The van der Waals surface area contributed by atoms with Gasteiger partial charge < -0.3 is 29.3 Å². The van der Waals surface area contributed by atoms with Crippen LogP contribution < -0.4 is 0 Å². The van der Waals surface area contributed by atoms with Gasteiger partial charge in [0.1, 0.15) is 23.7 Å². The lowest BCUT2D eigenvalue weighted by Gasteiger charge is -2.35. The van der Waals surface area contributed by atoms with Gasteiger partial charge in [0.2, 0.25) is 17.7 Å². The van der Waals surface area contributed by atoms with Crippen LogP contribution in [0.4, 0.5) is 0 Å². The zero-order chi connectivity index (χ0) is 32.4. The Labute approximate surface area is 269 Å². The molecule has 6 rings (SSSR count). The first-order valence-corrected chi connectivity index (χ1v) is 16.0. The molecule has 2 fully saturated rings. The number of carbonyl (C=O) groups is 4. The van der Waals surface area contributed by atoms with Crippen molar-refractivity contribution >= 4 is 23.7 Å². The molecule has 7 atom stereocenters. The molecule has 1 N–H and O–H groups in total. The number of rotatable bonds is 6. The van der Waals surface area contributed by atoms with E-state index in [0.29, 0.717) is 19.5 Å². The topological polar surface area (TPSA) is 117 Å². The number of carbonyl (C=O) groups excluding carboxylic acids is 4. The predicted octanol–water partition coefficient (Wildman–Crippen LogP) is 3.03. The van der Waals surface area contributed by atoms with Crippen molar-refractivity contribution in [3.63, 3.8) is 0 Å². The largest absolute Gasteiger partial charge is 0.455 e. The molecule has 0 bridgehead atoms.